The highest BCUT2D eigenvalue weighted by atomic mass is 19.1. The van der Waals surface area contributed by atoms with Gasteiger partial charge in [0.2, 0.25) is 0 Å². The van der Waals surface area contributed by atoms with Crippen molar-refractivity contribution >= 4 is 0 Å². The van der Waals surface area contributed by atoms with E-state index in [9.17, 15) is 8.78 Å². The molecule has 4 heteroatoms. The molecule has 2 aromatic carbocycles. The molecule has 0 radical (unpaired) electrons. The Hall–Kier alpha value is -2.62. The Morgan fingerprint density at radius 2 is 1.23 bits per heavy atom. The summed E-state index contributed by atoms with van der Waals surface area (Å²) in [5.74, 6) is -0.458. The van der Waals surface area contributed by atoms with Gasteiger partial charge in [0.15, 0.2) is 5.82 Å². The molecule has 110 valence electrons. The maximum absolute atomic E-state index is 13.6. The quantitative estimate of drug-likeness (QED) is 0.684. The largest absolute Gasteiger partial charge is 0.236 e. The number of aryl methyl sites for hydroxylation is 1. The van der Waals surface area contributed by atoms with Crippen LogP contribution in [-0.2, 0) is 0 Å². The predicted octanol–water partition coefficient (Wildman–Crippen LogP) is 4.71. The fourth-order valence-electron chi connectivity index (χ4n) is 2.17. The number of rotatable bonds is 2. The summed E-state index contributed by atoms with van der Waals surface area (Å²) in [4.78, 5) is 8.52. The lowest BCUT2D eigenvalue weighted by molar-refractivity contribution is 0.569. The highest BCUT2D eigenvalue weighted by molar-refractivity contribution is 5.68. The molecule has 0 unspecified atom stereocenters. The molecule has 0 amide bonds. The summed E-state index contributed by atoms with van der Waals surface area (Å²) in [5, 5.41) is 0. The summed E-state index contributed by atoms with van der Waals surface area (Å²) in [6.45, 7) is 3.35. The fraction of sp³-hybridized carbons (Fsp3) is 0.111. The highest BCUT2D eigenvalue weighted by Gasteiger charge is 2.09. The van der Waals surface area contributed by atoms with Crippen LogP contribution in [0.15, 0.2) is 48.8 Å². The lowest BCUT2D eigenvalue weighted by Gasteiger charge is -2.06. The van der Waals surface area contributed by atoms with E-state index in [0.29, 0.717) is 11.4 Å². The lowest BCUT2D eigenvalue weighted by Crippen LogP contribution is -1.91. The number of benzene rings is 2. The molecule has 0 N–H and O–H groups in total. The second-order valence-corrected chi connectivity index (χ2v) is 5.23. The molecule has 0 atom stereocenters. The summed E-state index contributed by atoms with van der Waals surface area (Å²) in [6, 6.07) is 9.99. The van der Waals surface area contributed by atoms with Gasteiger partial charge < -0.3 is 0 Å². The normalized spacial score (nSPS) is 10.7. The molecule has 3 rings (SSSR count). The average molecular weight is 296 g/mol. The van der Waals surface area contributed by atoms with Gasteiger partial charge in [-0.25, -0.2) is 18.7 Å². The van der Waals surface area contributed by atoms with Gasteiger partial charge in [-0.15, -0.1) is 0 Å². The van der Waals surface area contributed by atoms with Gasteiger partial charge in [0.25, 0.3) is 0 Å². The van der Waals surface area contributed by atoms with Crippen molar-refractivity contribution in [3.05, 3.63) is 71.6 Å². The summed E-state index contributed by atoms with van der Waals surface area (Å²) in [6.07, 6.45) is 3.50. The first-order valence-corrected chi connectivity index (χ1v) is 6.89. The van der Waals surface area contributed by atoms with Crippen molar-refractivity contribution in [3.8, 4) is 22.5 Å². The molecule has 0 spiro atoms. The topological polar surface area (TPSA) is 25.8 Å². The Balaban J connectivity index is 1.96. The third kappa shape index (κ3) is 2.72. The summed E-state index contributed by atoms with van der Waals surface area (Å²) in [7, 11) is 0. The van der Waals surface area contributed by atoms with E-state index in [2.05, 4.69) is 9.97 Å². The van der Waals surface area contributed by atoms with E-state index in [0.717, 1.165) is 16.7 Å². The minimum atomic E-state index is -0.541. The van der Waals surface area contributed by atoms with Crippen molar-refractivity contribution in [2.45, 2.75) is 13.8 Å². The molecule has 0 bridgehead atoms. The Morgan fingerprint density at radius 3 is 1.77 bits per heavy atom. The molecule has 22 heavy (non-hydrogen) atoms. The van der Waals surface area contributed by atoms with Crippen molar-refractivity contribution in [2.75, 3.05) is 0 Å². The van der Waals surface area contributed by atoms with Gasteiger partial charge in [-0.05, 0) is 42.7 Å². The van der Waals surface area contributed by atoms with Crippen molar-refractivity contribution < 1.29 is 8.78 Å². The smallest absolute Gasteiger partial charge is 0.159 e. The standard InChI is InChI=1S/C18H14F2N2/c1-11-9-21-18(22-10-11)14-5-3-13(4-6-14)15-7-16(19)12(2)17(20)8-15/h3-10H,1-2H3. The van der Waals surface area contributed by atoms with Gasteiger partial charge in [-0.3, -0.25) is 0 Å². The van der Waals surface area contributed by atoms with Crippen molar-refractivity contribution in [3.63, 3.8) is 0 Å². The minimum absolute atomic E-state index is 0.0356. The van der Waals surface area contributed by atoms with E-state index >= 15 is 0 Å². The Labute approximate surface area is 127 Å². The Kier molecular flexibility index (Phi) is 3.67. The van der Waals surface area contributed by atoms with Gasteiger partial charge in [0.05, 0.1) is 0 Å². The third-order valence-electron chi connectivity index (χ3n) is 3.54. The maximum Gasteiger partial charge on any atom is 0.159 e. The zero-order valence-electron chi connectivity index (χ0n) is 12.3. The molecule has 0 aliphatic carbocycles. The molecular weight excluding hydrogens is 282 g/mol. The van der Waals surface area contributed by atoms with E-state index in [-0.39, 0.29) is 5.56 Å². The van der Waals surface area contributed by atoms with Crippen LogP contribution in [0, 0.1) is 25.5 Å². The molecule has 0 aliphatic heterocycles. The molecule has 0 aliphatic rings. The monoisotopic (exact) mass is 296 g/mol. The van der Waals surface area contributed by atoms with Crippen LogP contribution in [0.4, 0.5) is 8.78 Å². The predicted molar refractivity (Wildman–Crippen MR) is 82.3 cm³/mol. The van der Waals surface area contributed by atoms with Gasteiger partial charge in [0, 0.05) is 23.5 Å². The van der Waals surface area contributed by atoms with Crippen LogP contribution in [0.1, 0.15) is 11.1 Å². The first-order valence-electron chi connectivity index (χ1n) is 6.89. The lowest BCUT2D eigenvalue weighted by atomic mass is 10.0. The van der Waals surface area contributed by atoms with Crippen LogP contribution in [0.2, 0.25) is 0 Å². The van der Waals surface area contributed by atoms with Crippen LogP contribution < -0.4 is 0 Å². The van der Waals surface area contributed by atoms with E-state index < -0.39 is 11.6 Å². The number of hydrogen-bond donors (Lipinski definition) is 0. The number of halogens is 2. The van der Waals surface area contributed by atoms with Crippen molar-refractivity contribution in [2.24, 2.45) is 0 Å². The fourth-order valence-corrected chi connectivity index (χ4v) is 2.17. The van der Waals surface area contributed by atoms with Crippen LogP contribution in [0.3, 0.4) is 0 Å². The van der Waals surface area contributed by atoms with E-state index in [1.807, 2.05) is 31.2 Å². The first kappa shape index (κ1) is 14.3. The van der Waals surface area contributed by atoms with Gasteiger partial charge in [-0.1, -0.05) is 24.3 Å². The number of aromatic nitrogens is 2. The van der Waals surface area contributed by atoms with Crippen molar-refractivity contribution in [1.29, 1.82) is 0 Å². The Bertz CT molecular complexity index is 786. The maximum atomic E-state index is 13.6. The van der Waals surface area contributed by atoms with Crippen LogP contribution in [0.25, 0.3) is 22.5 Å². The van der Waals surface area contributed by atoms with Gasteiger partial charge in [0.1, 0.15) is 11.6 Å². The number of hydrogen-bond acceptors (Lipinski definition) is 2. The molecule has 0 fully saturated rings. The second-order valence-electron chi connectivity index (χ2n) is 5.23. The Morgan fingerprint density at radius 1 is 0.727 bits per heavy atom. The van der Waals surface area contributed by atoms with Crippen LogP contribution in [-0.4, -0.2) is 9.97 Å². The van der Waals surface area contributed by atoms with E-state index in [1.165, 1.54) is 19.1 Å². The summed E-state index contributed by atoms with van der Waals surface area (Å²) >= 11 is 0. The van der Waals surface area contributed by atoms with Gasteiger partial charge in [-0.2, -0.15) is 0 Å². The third-order valence-corrected chi connectivity index (χ3v) is 3.54. The molecule has 1 aromatic heterocycles. The number of nitrogens with zero attached hydrogens (tertiary/aromatic N) is 2. The first-order chi connectivity index (χ1) is 10.5. The average Bonchev–Trinajstić information content (AvgIpc) is 2.53. The summed E-state index contributed by atoms with van der Waals surface area (Å²) in [5.41, 5.74) is 3.14. The molecule has 0 saturated heterocycles. The van der Waals surface area contributed by atoms with Crippen molar-refractivity contribution in [1.82, 2.24) is 9.97 Å². The van der Waals surface area contributed by atoms with Crippen LogP contribution in [0.5, 0.6) is 0 Å². The molecule has 0 saturated carbocycles. The molecule has 1 heterocycles. The second kappa shape index (κ2) is 5.64. The summed E-state index contributed by atoms with van der Waals surface area (Å²) < 4.78 is 27.3. The molecular formula is C18H14F2N2. The molecule has 2 nitrogen and oxygen atoms in total. The minimum Gasteiger partial charge on any atom is -0.236 e. The van der Waals surface area contributed by atoms with Gasteiger partial charge >= 0.3 is 0 Å². The van der Waals surface area contributed by atoms with E-state index in [4.69, 9.17) is 0 Å². The zero-order valence-corrected chi connectivity index (χ0v) is 12.3. The van der Waals surface area contributed by atoms with E-state index in [1.54, 1.807) is 12.4 Å². The SMILES string of the molecule is Cc1cnc(-c2ccc(-c3cc(F)c(C)c(F)c3)cc2)nc1. The highest BCUT2D eigenvalue weighted by Crippen LogP contribution is 2.26. The zero-order chi connectivity index (χ0) is 15.7. The van der Waals surface area contributed by atoms with Crippen LogP contribution >= 0.6 is 0 Å². The molecule has 3 aromatic rings.